The van der Waals surface area contributed by atoms with Crippen LogP contribution in [0.1, 0.15) is 5.56 Å². The van der Waals surface area contributed by atoms with Gasteiger partial charge in [0.1, 0.15) is 10.6 Å². The van der Waals surface area contributed by atoms with Crippen LogP contribution < -0.4 is 0 Å². The second-order valence-corrected chi connectivity index (χ2v) is 4.76. The molecule has 1 saturated heterocycles. The molecule has 0 amide bonds. The zero-order chi connectivity index (χ0) is 11.8. The predicted molar refractivity (Wildman–Crippen MR) is 52.5 cm³/mol. The molecule has 0 N–H and O–H groups in total. The van der Waals surface area contributed by atoms with Crippen LogP contribution in [0, 0.1) is 0 Å². The highest BCUT2D eigenvalue weighted by atomic mass is 35.5. The van der Waals surface area contributed by atoms with Gasteiger partial charge < -0.3 is 4.74 Å². The number of alkyl halides is 3. The molecule has 0 unspecified atom stereocenters. The summed E-state index contributed by atoms with van der Waals surface area (Å²) in [5.41, 5.74) is -0.853. The van der Waals surface area contributed by atoms with Crippen LogP contribution in [0.2, 0.25) is 5.28 Å². The highest BCUT2D eigenvalue weighted by Crippen LogP contribution is 2.38. The number of halogens is 4. The number of rotatable bonds is 2. The van der Waals surface area contributed by atoms with Crippen molar-refractivity contribution in [2.45, 2.75) is 16.5 Å². The third-order valence-electron chi connectivity index (χ3n) is 1.92. The predicted octanol–water partition coefficient (Wildman–Crippen LogP) is 2.64. The highest BCUT2D eigenvalue weighted by molar-refractivity contribution is 8.00. The lowest BCUT2D eigenvalue weighted by Crippen LogP contribution is -2.30. The first-order valence-electron chi connectivity index (χ1n) is 4.31. The van der Waals surface area contributed by atoms with Gasteiger partial charge in [-0.2, -0.15) is 13.2 Å². The van der Waals surface area contributed by atoms with Gasteiger partial charge in [0.05, 0.1) is 18.5 Å². The lowest BCUT2D eigenvalue weighted by atomic mass is 10.3. The van der Waals surface area contributed by atoms with Crippen molar-refractivity contribution in [3.8, 4) is 0 Å². The molecule has 1 aromatic heterocycles. The third-order valence-corrected chi connectivity index (χ3v) is 3.24. The van der Waals surface area contributed by atoms with Crippen LogP contribution in [0.4, 0.5) is 13.2 Å². The molecule has 1 fully saturated rings. The van der Waals surface area contributed by atoms with Gasteiger partial charge in [-0.05, 0) is 11.6 Å². The molecule has 0 saturated carbocycles. The first-order valence-corrected chi connectivity index (χ1v) is 5.56. The molecule has 1 aliphatic heterocycles. The number of nitrogens with zero attached hydrogens (tertiary/aromatic N) is 2. The monoisotopic (exact) mass is 270 g/mol. The van der Waals surface area contributed by atoms with Gasteiger partial charge in [-0.15, -0.1) is 0 Å². The fraction of sp³-hybridized carbons (Fsp3) is 0.500. The Hall–Kier alpha value is -0.530. The molecular formula is C8H6ClF3N2OS. The molecule has 0 spiro atoms. The standard InChI is InChI=1S/C8H6ClF3N2OS/c9-7-13-1-5(8(10,11)12)6(14-7)16-4-2-15-3-4/h1,4H,2-3H2. The lowest BCUT2D eigenvalue weighted by molar-refractivity contribution is -0.140. The summed E-state index contributed by atoms with van der Waals surface area (Å²) in [6, 6.07) is 0. The summed E-state index contributed by atoms with van der Waals surface area (Å²) < 4.78 is 42.6. The summed E-state index contributed by atoms with van der Waals surface area (Å²) in [7, 11) is 0. The van der Waals surface area contributed by atoms with Crippen molar-refractivity contribution in [3.63, 3.8) is 0 Å². The Labute approximate surface area is 98.4 Å². The van der Waals surface area contributed by atoms with Crippen LogP contribution >= 0.6 is 23.4 Å². The molecule has 88 valence electrons. The number of thioether (sulfide) groups is 1. The van der Waals surface area contributed by atoms with Crippen molar-refractivity contribution >= 4 is 23.4 Å². The minimum absolute atomic E-state index is 0.00654. The van der Waals surface area contributed by atoms with E-state index in [9.17, 15) is 13.2 Å². The van der Waals surface area contributed by atoms with Crippen molar-refractivity contribution in [2.24, 2.45) is 0 Å². The molecule has 2 heterocycles. The SMILES string of the molecule is FC(F)(F)c1cnc(Cl)nc1SC1COC1. The van der Waals surface area contributed by atoms with E-state index in [0.717, 1.165) is 11.8 Å². The van der Waals surface area contributed by atoms with E-state index in [0.29, 0.717) is 19.4 Å². The number of ether oxygens (including phenoxy) is 1. The normalized spacial score (nSPS) is 17.2. The summed E-state index contributed by atoms with van der Waals surface area (Å²) >= 11 is 6.49. The van der Waals surface area contributed by atoms with E-state index in [1.54, 1.807) is 0 Å². The maximum atomic E-state index is 12.6. The number of hydrogen-bond donors (Lipinski definition) is 0. The Bertz CT molecular complexity index is 397. The van der Waals surface area contributed by atoms with Gasteiger partial charge >= 0.3 is 6.18 Å². The van der Waals surface area contributed by atoms with E-state index in [1.807, 2.05) is 0 Å². The fourth-order valence-corrected chi connectivity index (χ4v) is 2.33. The van der Waals surface area contributed by atoms with Gasteiger partial charge in [0.2, 0.25) is 5.28 Å². The Morgan fingerprint density at radius 2 is 2.12 bits per heavy atom. The second-order valence-electron chi connectivity index (χ2n) is 3.13. The van der Waals surface area contributed by atoms with Crippen LogP contribution in [0.3, 0.4) is 0 Å². The second kappa shape index (κ2) is 4.38. The first-order chi connectivity index (χ1) is 7.47. The molecule has 0 aliphatic carbocycles. The number of hydrogen-bond acceptors (Lipinski definition) is 4. The minimum atomic E-state index is -4.46. The van der Waals surface area contributed by atoms with E-state index in [4.69, 9.17) is 16.3 Å². The summed E-state index contributed by atoms with van der Waals surface area (Å²) in [6.45, 7) is 0.868. The Morgan fingerprint density at radius 1 is 1.44 bits per heavy atom. The number of aromatic nitrogens is 2. The van der Waals surface area contributed by atoms with Gasteiger partial charge in [-0.25, -0.2) is 9.97 Å². The minimum Gasteiger partial charge on any atom is -0.379 e. The van der Waals surface area contributed by atoms with Gasteiger partial charge in [0, 0.05) is 6.20 Å². The smallest absolute Gasteiger partial charge is 0.379 e. The van der Waals surface area contributed by atoms with Crippen LogP contribution in [-0.4, -0.2) is 28.4 Å². The summed E-state index contributed by atoms with van der Waals surface area (Å²) in [5, 5.41) is -0.316. The molecule has 0 bridgehead atoms. The molecule has 3 nitrogen and oxygen atoms in total. The Kier molecular flexibility index (Phi) is 3.27. The molecule has 0 radical (unpaired) electrons. The zero-order valence-electron chi connectivity index (χ0n) is 7.79. The summed E-state index contributed by atoms with van der Waals surface area (Å²) in [6.07, 6.45) is -3.76. The van der Waals surface area contributed by atoms with Crippen LogP contribution in [0.25, 0.3) is 0 Å². The lowest BCUT2D eigenvalue weighted by Gasteiger charge is -2.25. The van der Waals surface area contributed by atoms with Crippen molar-refractivity contribution in [2.75, 3.05) is 13.2 Å². The molecule has 2 rings (SSSR count). The van der Waals surface area contributed by atoms with Crippen molar-refractivity contribution in [1.82, 2.24) is 9.97 Å². The Balaban J connectivity index is 2.28. The fourth-order valence-electron chi connectivity index (χ4n) is 1.07. The van der Waals surface area contributed by atoms with Crippen LogP contribution in [0.15, 0.2) is 11.2 Å². The molecule has 1 aliphatic rings. The highest BCUT2D eigenvalue weighted by Gasteiger charge is 2.36. The van der Waals surface area contributed by atoms with Gasteiger partial charge in [0.15, 0.2) is 0 Å². The van der Waals surface area contributed by atoms with E-state index >= 15 is 0 Å². The average Bonchev–Trinajstić information content (AvgIpc) is 2.09. The average molecular weight is 271 g/mol. The van der Waals surface area contributed by atoms with Gasteiger partial charge in [0.25, 0.3) is 0 Å². The largest absolute Gasteiger partial charge is 0.420 e. The zero-order valence-corrected chi connectivity index (χ0v) is 9.36. The van der Waals surface area contributed by atoms with E-state index in [2.05, 4.69) is 9.97 Å². The van der Waals surface area contributed by atoms with Gasteiger partial charge in [-0.1, -0.05) is 11.8 Å². The quantitative estimate of drug-likeness (QED) is 0.611. The Morgan fingerprint density at radius 3 is 2.62 bits per heavy atom. The molecule has 0 atom stereocenters. The van der Waals surface area contributed by atoms with Crippen molar-refractivity contribution in [1.29, 1.82) is 0 Å². The molecule has 16 heavy (non-hydrogen) atoms. The molecule has 1 aromatic rings. The topological polar surface area (TPSA) is 35.0 Å². The summed E-state index contributed by atoms with van der Waals surface area (Å²) in [5.74, 6) is 0. The third kappa shape index (κ3) is 2.58. The maximum absolute atomic E-state index is 12.6. The van der Waals surface area contributed by atoms with E-state index in [1.165, 1.54) is 0 Å². The van der Waals surface area contributed by atoms with Crippen LogP contribution in [0.5, 0.6) is 0 Å². The van der Waals surface area contributed by atoms with Crippen molar-refractivity contribution < 1.29 is 17.9 Å². The van der Waals surface area contributed by atoms with E-state index < -0.39 is 11.7 Å². The van der Waals surface area contributed by atoms with E-state index in [-0.39, 0.29) is 15.6 Å². The van der Waals surface area contributed by atoms with Crippen LogP contribution in [-0.2, 0) is 10.9 Å². The summed E-state index contributed by atoms with van der Waals surface area (Å²) in [4.78, 5) is 6.95. The van der Waals surface area contributed by atoms with Gasteiger partial charge in [-0.3, -0.25) is 0 Å². The molecule has 8 heteroatoms. The molecule has 0 aromatic carbocycles. The first kappa shape index (κ1) is 11.9. The molecular weight excluding hydrogens is 265 g/mol. The maximum Gasteiger partial charge on any atom is 0.420 e. The van der Waals surface area contributed by atoms with Crippen molar-refractivity contribution in [3.05, 3.63) is 17.0 Å².